The van der Waals surface area contributed by atoms with Crippen molar-refractivity contribution in [2.24, 2.45) is 17.2 Å². The number of rotatable bonds is 9. The lowest BCUT2D eigenvalue weighted by atomic mass is 10.2. The number of hydrogen-bond acceptors (Lipinski definition) is 21. The van der Waals surface area contributed by atoms with Gasteiger partial charge in [0.25, 0.3) is 0 Å². The van der Waals surface area contributed by atoms with Gasteiger partial charge in [0.1, 0.15) is 106 Å². The average molecular weight is 1290 g/mol. The minimum Gasteiger partial charge on any atom is -0.326 e. The molecule has 0 saturated carbocycles. The number of halogens is 1. The topological polar surface area (TPSA) is 415 Å². The number of nitrogens with zero attached hydrogens (tertiary/aromatic N) is 24. The number of imidazole rings is 2. The summed E-state index contributed by atoms with van der Waals surface area (Å²) >= 11 is 0. The Balaban J connectivity index is 0.000000156. The first-order valence-electron chi connectivity index (χ1n) is 28.7. The first-order valence-corrected chi connectivity index (χ1v) is 28.7. The maximum absolute atomic E-state index is 12.4. The zero-order valence-corrected chi connectivity index (χ0v) is 51.5. The molecule has 0 bridgehead atoms. The van der Waals surface area contributed by atoms with Crippen molar-refractivity contribution >= 4 is 0 Å². The van der Waals surface area contributed by atoms with Gasteiger partial charge in [-0.2, -0.15) is 41.4 Å². The molecule has 0 atom stereocenters. The van der Waals surface area contributed by atoms with E-state index in [2.05, 4.69) is 99.1 Å². The SMILES string of the molecule is N#Cc1ccccc1-n1ccnc1.N#Cc1ccccc1-n1cncn1.N#Cc1ccccc1-n1cnnc1.N#Cc1ccccc1F.NCc1ccccc1-n1ccnc1.NCc1ccccc1-n1cncn1.NCc1ccccc1-n1cnnc1.c1nc[nH]n1.c1nc[nH]n1. The van der Waals surface area contributed by atoms with Crippen LogP contribution in [0.3, 0.4) is 0 Å². The molecule has 8 aromatic heterocycles. The van der Waals surface area contributed by atoms with Crippen LogP contribution in [0.2, 0.25) is 0 Å². The van der Waals surface area contributed by atoms with Gasteiger partial charge in [0.15, 0.2) is 0 Å². The summed E-state index contributed by atoms with van der Waals surface area (Å²) in [6.07, 6.45) is 29.2. The second kappa shape index (κ2) is 40.3. The third kappa shape index (κ3) is 22.2. The molecule has 8 heterocycles. The highest BCUT2D eigenvalue weighted by atomic mass is 19.1. The Morgan fingerprint density at radius 1 is 0.340 bits per heavy atom. The van der Waals surface area contributed by atoms with E-state index in [4.69, 9.17) is 38.2 Å². The van der Waals surface area contributed by atoms with Gasteiger partial charge in [-0.15, -0.1) is 20.4 Å². The summed E-state index contributed by atoms with van der Waals surface area (Å²) in [4.78, 5) is 22.7. The van der Waals surface area contributed by atoms with Gasteiger partial charge in [-0.25, -0.2) is 43.7 Å². The van der Waals surface area contributed by atoms with E-state index < -0.39 is 5.82 Å². The fraction of sp³-hybridized carbons (Fsp3) is 0.0448. The number of nitrogens with one attached hydrogen (secondary N) is 2. The maximum atomic E-state index is 12.4. The molecular weight excluding hydrogens is 1230 g/mol. The van der Waals surface area contributed by atoms with Gasteiger partial charge in [0, 0.05) is 44.4 Å². The monoisotopic (exact) mass is 1290 g/mol. The lowest BCUT2D eigenvalue weighted by Gasteiger charge is -2.06. The largest absolute Gasteiger partial charge is 0.326 e. The summed E-state index contributed by atoms with van der Waals surface area (Å²) < 4.78 is 23.0. The molecule has 480 valence electrons. The molecule has 0 unspecified atom stereocenters. The number of aromatic amines is 2. The fourth-order valence-electron chi connectivity index (χ4n) is 8.14. The number of hydrogen-bond donors (Lipinski definition) is 5. The second-order valence-electron chi connectivity index (χ2n) is 18.6. The molecule has 0 aliphatic rings. The van der Waals surface area contributed by atoms with Crippen molar-refractivity contribution in [2.75, 3.05) is 0 Å². The van der Waals surface area contributed by atoms with Crippen LogP contribution in [0.4, 0.5) is 4.39 Å². The molecule has 0 fully saturated rings. The van der Waals surface area contributed by atoms with Gasteiger partial charge in [-0.1, -0.05) is 103 Å². The maximum Gasteiger partial charge on any atom is 0.140 e. The molecule has 29 nitrogen and oxygen atoms in total. The van der Waals surface area contributed by atoms with Gasteiger partial charge in [-0.3, -0.25) is 19.3 Å². The van der Waals surface area contributed by atoms with Gasteiger partial charge in [0.05, 0.1) is 69.0 Å². The van der Waals surface area contributed by atoms with E-state index in [9.17, 15) is 4.39 Å². The summed E-state index contributed by atoms with van der Waals surface area (Å²) in [6, 6.07) is 59.7. The zero-order valence-electron chi connectivity index (χ0n) is 51.5. The fourth-order valence-corrected chi connectivity index (χ4v) is 8.14. The molecule has 8 N–H and O–H groups in total. The third-order valence-electron chi connectivity index (χ3n) is 12.7. The molecule has 0 radical (unpaired) electrons. The molecule has 0 amide bonds. The van der Waals surface area contributed by atoms with E-state index >= 15 is 0 Å². The van der Waals surface area contributed by atoms with E-state index in [1.54, 1.807) is 113 Å². The molecule has 0 aliphatic carbocycles. The van der Waals surface area contributed by atoms with Crippen molar-refractivity contribution in [1.82, 2.24) is 109 Å². The molecule has 7 aromatic carbocycles. The number of benzene rings is 7. The van der Waals surface area contributed by atoms with Crippen LogP contribution >= 0.6 is 0 Å². The standard InChI is InChI=1S/C10H11N3.C10H7N3.C9H10N4.C9H6N4.C9H10N4.C9H6N4.C7H4FN.2C2H3N3/c2*11-7-9-3-1-2-4-10(9)13-6-5-12-8-13;2*10-5-8-3-1-2-4-9(8)13-6-11-12-7-13;2*10-5-8-3-1-2-4-9(8)13-7-11-6-12-13;8-7-4-2-1-3-6(7)5-9;2*1-3-2-5-4-1/h1-6,8H,7,11H2;1-6,8H;1-4,6-7H,5,10H2;1-4,6-7H;1-4,6-7H,5,10H2;1-4,6-7H;1-4H;2*1-2H,(H,3,4,5). The molecule has 97 heavy (non-hydrogen) atoms. The third-order valence-corrected chi connectivity index (χ3v) is 12.7. The summed E-state index contributed by atoms with van der Waals surface area (Å²) in [5, 5.41) is 69.5. The van der Waals surface area contributed by atoms with Crippen molar-refractivity contribution in [3.8, 4) is 58.4 Å². The molecule has 0 saturated heterocycles. The van der Waals surface area contributed by atoms with E-state index in [0.29, 0.717) is 36.3 Å². The second-order valence-corrected chi connectivity index (χ2v) is 18.6. The van der Waals surface area contributed by atoms with Crippen LogP contribution in [0.25, 0.3) is 34.1 Å². The van der Waals surface area contributed by atoms with Crippen molar-refractivity contribution in [3.63, 3.8) is 0 Å². The first kappa shape index (κ1) is 70.0. The Bertz CT molecular complexity index is 4270. The van der Waals surface area contributed by atoms with Crippen LogP contribution in [0.15, 0.2) is 283 Å². The van der Waals surface area contributed by atoms with Gasteiger partial charge >= 0.3 is 0 Å². The minimum atomic E-state index is -0.458. The Morgan fingerprint density at radius 2 is 0.680 bits per heavy atom. The van der Waals surface area contributed by atoms with Crippen molar-refractivity contribution in [1.29, 1.82) is 21.0 Å². The number of nitriles is 4. The summed E-state index contributed by atoms with van der Waals surface area (Å²) in [5.41, 5.74) is 27.6. The summed E-state index contributed by atoms with van der Waals surface area (Å²) in [7, 11) is 0. The Hall–Kier alpha value is -14.4. The number of para-hydroxylation sites is 6. The smallest absolute Gasteiger partial charge is 0.140 e. The van der Waals surface area contributed by atoms with E-state index in [1.165, 1.54) is 50.1 Å². The van der Waals surface area contributed by atoms with Crippen molar-refractivity contribution in [3.05, 3.63) is 328 Å². The zero-order chi connectivity index (χ0) is 68.3. The lowest BCUT2D eigenvalue weighted by molar-refractivity contribution is 0.624. The van der Waals surface area contributed by atoms with Gasteiger partial charge in [-0.05, 0) is 83.4 Å². The Labute approximate surface area is 554 Å². The average Bonchev–Trinajstić information content (AvgIpc) is 2.06. The predicted molar refractivity (Wildman–Crippen MR) is 354 cm³/mol. The van der Waals surface area contributed by atoms with Crippen LogP contribution in [-0.2, 0) is 19.6 Å². The highest BCUT2D eigenvalue weighted by molar-refractivity contribution is 5.50. The van der Waals surface area contributed by atoms with Gasteiger partial charge < -0.3 is 26.3 Å². The Kier molecular flexibility index (Phi) is 29.1. The van der Waals surface area contributed by atoms with E-state index in [1.807, 2.05) is 153 Å². The molecule has 15 rings (SSSR count). The van der Waals surface area contributed by atoms with Crippen LogP contribution < -0.4 is 17.2 Å². The molecular formula is C67H60FN29. The van der Waals surface area contributed by atoms with Crippen molar-refractivity contribution in [2.45, 2.75) is 19.6 Å². The Morgan fingerprint density at radius 3 is 1.04 bits per heavy atom. The summed E-state index contributed by atoms with van der Waals surface area (Å²) in [5.74, 6) is -0.458. The number of aromatic nitrogens is 22. The first-order chi connectivity index (χ1) is 47.8. The van der Waals surface area contributed by atoms with E-state index in [0.717, 1.165) is 50.8 Å². The molecule has 0 aliphatic heterocycles. The molecule has 0 spiro atoms. The number of H-pyrrole nitrogens is 2. The lowest BCUT2D eigenvalue weighted by Crippen LogP contribution is -2.04. The van der Waals surface area contributed by atoms with Crippen LogP contribution in [0.1, 0.15) is 38.9 Å². The number of nitrogens with two attached hydrogens (primary N) is 3. The normalized spacial score (nSPS) is 9.53. The minimum absolute atomic E-state index is 0.0949. The quantitative estimate of drug-likeness (QED) is 0.0910. The van der Waals surface area contributed by atoms with Gasteiger partial charge in [0.2, 0.25) is 0 Å². The van der Waals surface area contributed by atoms with Crippen LogP contribution in [0.5, 0.6) is 0 Å². The predicted octanol–water partition coefficient (Wildman–Crippen LogP) is 8.11. The van der Waals surface area contributed by atoms with E-state index in [-0.39, 0.29) is 5.56 Å². The highest BCUT2D eigenvalue weighted by Gasteiger charge is 2.06. The molecule has 30 heteroatoms. The van der Waals surface area contributed by atoms with Crippen LogP contribution in [-0.4, -0.2) is 109 Å². The molecule has 15 aromatic rings. The highest BCUT2D eigenvalue weighted by Crippen LogP contribution is 2.17. The van der Waals surface area contributed by atoms with Crippen molar-refractivity contribution < 1.29 is 4.39 Å². The summed E-state index contributed by atoms with van der Waals surface area (Å²) in [6.45, 7) is 1.58. The van der Waals surface area contributed by atoms with Crippen LogP contribution in [0, 0.1) is 51.1 Å².